The van der Waals surface area contributed by atoms with Crippen molar-refractivity contribution in [2.24, 2.45) is 0 Å². The Morgan fingerprint density at radius 3 is 2.62 bits per heavy atom. The molecule has 6 heteroatoms. The van der Waals surface area contributed by atoms with Crippen LogP contribution in [0.1, 0.15) is 6.42 Å². The molecule has 0 saturated heterocycles. The number of carbonyl (C=O) groups is 2. The zero-order chi connectivity index (χ0) is 12.0. The van der Waals surface area contributed by atoms with Crippen LogP contribution in [0.15, 0.2) is 24.4 Å². The lowest BCUT2D eigenvalue weighted by atomic mass is 10.1. The SMILES string of the molecule is O=C(O)CNC(CC1C=CC=CN1)C(=O)O. The lowest BCUT2D eigenvalue weighted by molar-refractivity contribution is -0.140. The van der Waals surface area contributed by atoms with Gasteiger partial charge in [-0.15, -0.1) is 0 Å². The van der Waals surface area contributed by atoms with Gasteiger partial charge in [-0.2, -0.15) is 0 Å². The van der Waals surface area contributed by atoms with Gasteiger partial charge in [-0.1, -0.05) is 12.2 Å². The highest BCUT2D eigenvalue weighted by atomic mass is 16.4. The second kappa shape index (κ2) is 5.92. The summed E-state index contributed by atoms with van der Waals surface area (Å²) in [4.78, 5) is 21.2. The van der Waals surface area contributed by atoms with Crippen LogP contribution >= 0.6 is 0 Å². The van der Waals surface area contributed by atoms with Crippen molar-refractivity contribution in [3.8, 4) is 0 Å². The number of carboxylic acids is 2. The molecule has 0 amide bonds. The monoisotopic (exact) mass is 226 g/mol. The zero-order valence-electron chi connectivity index (χ0n) is 8.59. The molecule has 16 heavy (non-hydrogen) atoms. The van der Waals surface area contributed by atoms with Crippen LogP contribution in [-0.2, 0) is 9.59 Å². The summed E-state index contributed by atoms with van der Waals surface area (Å²) in [7, 11) is 0. The predicted molar refractivity (Wildman–Crippen MR) is 56.9 cm³/mol. The van der Waals surface area contributed by atoms with Gasteiger partial charge < -0.3 is 15.5 Å². The fourth-order valence-corrected chi connectivity index (χ4v) is 1.37. The van der Waals surface area contributed by atoms with E-state index in [1.165, 1.54) is 0 Å². The van der Waals surface area contributed by atoms with E-state index in [0.717, 1.165) is 0 Å². The van der Waals surface area contributed by atoms with Crippen molar-refractivity contribution in [3.05, 3.63) is 24.4 Å². The Morgan fingerprint density at radius 2 is 2.12 bits per heavy atom. The molecule has 88 valence electrons. The van der Waals surface area contributed by atoms with Gasteiger partial charge >= 0.3 is 11.9 Å². The van der Waals surface area contributed by atoms with Crippen molar-refractivity contribution in [3.63, 3.8) is 0 Å². The van der Waals surface area contributed by atoms with Gasteiger partial charge in [-0.05, 0) is 18.7 Å². The van der Waals surface area contributed by atoms with E-state index in [1.807, 2.05) is 12.2 Å². The highest BCUT2D eigenvalue weighted by Crippen LogP contribution is 2.04. The van der Waals surface area contributed by atoms with Crippen LogP contribution in [-0.4, -0.2) is 40.8 Å². The summed E-state index contributed by atoms with van der Waals surface area (Å²) in [5.41, 5.74) is 0. The Labute approximate surface area is 92.6 Å². The van der Waals surface area contributed by atoms with Gasteiger partial charge in [0, 0.05) is 6.04 Å². The van der Waals surface area contributed by atoms with Crippen LogP contribution in [0.25, 0.3) is 0 Å². The molecule has 2 unspecified atom stereocenters. The van der Waals surface area contributed by atoms with Crippen molar-refractivity contribution in [2.75, 3.05) is 6.54 Å². The van der Waals surface area contributed by atoms with E-state index in [2.05, 4.69) is 10.6 Å². The van der Waals surface area contributed by atoms with E-state index in [0.29, 0.717) is 6.42 Å². The summed E-state index contributed by atoms with van der Waals surface area (Å²) >= 11 is 0. The molecule has 0 bridgehead atoms. The molecule has 1 aliphatic heterocycles. The summed E-state index contributed by atoms with van der Waals surface area (Å²) in [6.07, 6.45) is 7.47. The van der Waals surface area contributed by atoms with E-state index in [-0.39, 0.29) is 12.6 Å². The minimum atomic E-state index is -1.07. The van der Waals surface area contributed by atoms with Crippen molar-refractivity contribution >= 4 is 11.9 Å². The Hall–Kier alpha value is -1.82. The van der Waals surface area contributed by atoms with Crippen LogP contribution < -0.4 is 10.6 Å². The Kier molecular flexibility index (Phi) is 4.53. The second-order valence-corrected chi connectivity index (χ2v) is 3.42. The number of hydrogen-bond acceptors (Lipinski definition) is 4. The third-order valence-electron chi connectivity index (χ3n) is 2.15. The van der Waals surface area contributed by atoms with E-state index in [4.69, 9.17) is 10.2 Å². The van der Waals surface area contributed by atoms with E-state index < -0.39 is 18.0 Å². The molecule has 6 nitrogen and oxygen atoms in total. The summed E-state index contributed by atoms with van der Waals surface area (Å²) < 4.78 is 0. The van der Waals surface area contributed by atoms with Gasteiger partial charge in [0.25, 0.3) is 0 Å². The number of carboxylic acid groups (broad SMARTS) is 2. The first-order valence-electron chi connectivity index (χ1n) is 4.87. The molecule has 2 atom stereocenters. The number of allylic oxidation sites excluding steroid dienone is 2. The molecule has 1 aliphatic rings. The molecule has 0 fully saturated rings. The summed E-state index contributed by atoms with van der Waals surface area (Å²) in [6.45, 7) is -0.358. The fraction of sp³-hybridized carbons (Fsp3) is 0.400. The third-order valence-corrected chi connectivity index (χ3v) is 2.15. The molecule has 0 saturated carbocycles. The van der Waals surface area contributed by atoms with Crippen molar-refractivity contribution in [2.45, 2.75) is 18.5 Å². The standard InChI is InChI=1S/C10H14N2O4/c13-9(14)6-12-8(10(15)16)5-7-3-1-2-4-11-7/h1-4,7-8,11-12H,5-6H2,(H,13,14)(H,15,16). The minimum absolute atomic E-state index is 0.0904. The topological polar surface area (TPSA) is 98.7 Å². The van der Waals surface area contributed by atoms with Gasteiger partial charge in [-0.25, -0.2) is 0 Å². The smallest absolute Gasteiger partial charge is 0.320 e. The Bertz CT molecular complexity index is 325. The normalized spacial score (nSPS) is 20.1. The quantitative estimate of drug-likeness (QED) is 0.489. The Balaban J connectivity index is 2.44. The van der Waals surface area contributed by atoms with Crippen LogP contribution in [0.5, 0.6) is 0 Å². The maximum absolute atomic E-state index is 10.9. The van der Waals surface area contributed by atoms with Crippen molar-refractivity contribution in [1.82, 2.24) is 10.6 Å². The van der Waals surface area contributed by atoms with Crippen LogP contribution in [0.2, 0.25) is 0 Å². The number of aliphatic carboxylic acids is 2. The highest BCUT2D eigenvalue weighted by Gasteiger charge is 2.21. The molecule has 0 aromatic heterocycles. The average molecular weight is 226 g/mol. The third kappa shape index (κ3) is 4.14. The molecular weight excluding hydrogens is 212 g/mol. The minimum Gasteiger partial charge on any atom is -0.480 e. The predicted octanol–water partition coefficient (Wildman–Crippen LogP) is -0.454. The lowest BCUT2D eigenvalue weighted by Crippen LogP contribution is -2.43. The summed E-state index contributed by atoms with van der Waals surface area (Å²) in [5, 5.41) is 22.8. The summed E-state index contributed by atoms with van der Waals surface area (Å²) in [6, 6.07) is -0.961. The Morgan fingerprint density at radius 1 is 1.38 bits per heavy atom. The number of nitrogens with one attached hydrogen (secondary N) is 2. The molecule has 1 rings (SSSR count). The maximum atomic E-state index is 10.9. The number of rotatable bonds is 6. The molecule has 0 spiro atoms. The van der Waals surface area contributed by atoms with Crippen LogP contribution in [0.3, 0.4) is 0 Å². The first-order chi connectivity index (χ1) is 7.59. The first-order valence-corrected chi connectivity index (χ1v) is 4.87. The molecular formula is C10H14N2O4. The fourth-order valence-electron chi connectivity index (χ4n) is 1.37. The molecule has 4 N–H and O–H groups in total. The van der Waals surface area contributed by atoms with Gasteiger partial charge in [0.1, 0.15) is 6.04 Å². The molecule has 0 radical (unpaired) electrons. The lowest BCUT2D eigenvalue weighted by Gasteiger charge is -2.20. The molecule has 1 heterocycles. The van der Waals surface area contributed by atoms with Gasteiger partial charge in [0.05, 0.1) is 6.54 Å². The zero-order valence-corrected chi connectivity index (χ0v) is 8.59. The van der Waals surface area contributed by atoms with Gasteiger partial charge in [0.15, 0.2) is 0 Å². The van der Waals surface area contributed by atoms with Crippen molar-refractivity contribution < 1.29 is 19.8 Å². The second-order valence-electron chi connectivity index (χ2n) is 3.42. The maximum Gasteiger partial charge on any atom is 0.320 e. The van der Waals surface area contributed by atoms with E-state index in [9.17, 15) is 9.59 Å². The average Bonchev–Trinajstić information content (AvgIpc) is 2.25. The molecule has 0 aromatic rings. The van der Waals surface area contributed by atoms with Crippen molar-refractivity contribution in [1.29, 1.82) is 0 Å². The number of dihydropyridines is 1. The number of hydrogen-bond donors (Lipinski definition) is 4. The summed E-state index contributed by atoms with van der Waals surface area (Å²) in [5.74, 6) is -2.12. The molecule has 0 aliphatic carbocycles. The van der Waals surface area contributed by atoms with Crippen LogP contribution in [0, 0.1) is 0 Å². The van der Waals surface area contributed by atoms with Crippen LogP contribution in [0.4, 0.5) is 0 Å². The van der Waals surface area contributed by atoms with Gasteiger partial charge in [-0.3, -0.25) is 14.9 Å². The largest absolute Gasteiger partial charge is 0.480 e. The first kappa shape index (κ1) is 12.3. The molecule has 0 aromatic carbocycles. The van der Waals surface area contributed by atoms with Gasteiger partial charge in [0.2, 0.25) is 0 Å². The van der Waals surface area contributed by atoms with E-state index in [1.54, 1.807) is 12.3 Å². The highest BCUT2D eigenvalue weighted by molar-refractivity contribution is 5.75. The van der Waals surface area contributed by atoms with E-state index >= 15 is 0 Å².